The van der Waals surface area contributed by atoms with E-state index in [1.807, 2.05) is 0 Å². The summed E-state index contributed by atoms with van der Waals surface area (Å²) in [6.45, 7) is 9.08. The highest BCUT2D eigenvalue weighted by atomic mass is 19.1. The molecule has 0 aromatic carbocycles. The highest BCUT2D eigenvalue weighted by Gasteiger charge is 2.27. The highest BCUT2D eigenvalue weighted by molar-refractivity contribution is 5.87. The lowest BCUT2D eigenvalue weighted by Crippen LogP contribution is -2.48. The number of hydrogen-bond acceptors (Lipinski definition) is 8. The first-order valence-electron chi connectivity index (χ1n) is 12.4. The number of ether oxygens (including phenoxy) is 1. The summed E-state index contributed by atoms with van der Waals surface area (Å²) >= 11 is 0. The molecule has 0 aliphatic rings. The Balaban J connectivity index is 1.94. The number of amides is 2. The number of hydrogen-bond donors (Lipinski definition) is 3. The van der Waals surface area contributed by atoms with Crippen molar-refractivity contribution in [2.75, 3.05) is 37.4 Å². The minimum atomic E-state index is -0.878. The van der Waals surface area contributed by atoms with Gasteiger partial charge in [0, 0.05) is 44.5 Å². The van der Waals surface area contributed by atoms with E-state index in [-0.39, 0.29) is 11.9 Å². The first-order chi connectivity index (χ1) is 18.5. The van der Waals surface area contributed by atoms with Gasteiger partial charge in [0.25, 0.3) is 0 Å². The van der Waals surface area contributed by atoms with Crippen molar-refractivity contribution < 1.29 is 23.1 Å². The molecular weight excluding hydrogens is 508 g/mol. The lowest BCUT2D eigenvalue weighted by Gasteiger charge is -2.28. The zero-order chi connectivity index (χ0) is 28.8. The topological polar surface area (TPSA) is 121 Å². The standard InChI is InChI=1S/C27H35F2N7O3/c1-6-21(36(5)26(38)39-27(2,3)4)24(37)32-14-9-7-8-11-19-18-33-25(35-23(19)31-15-10-13-28)34-20-12-16-30-22(29)17-20/h6,12,16-18,21H,1,7,9-10,13-15H2,2-5H3,(H,32,37)(H2,30,31,33,34,35)/t21-/m0/s1. The molecule has 0 aliphatic heterocycles. The van der Waals surface area contributed by atoms with Gasteiger partial charge in [0.15, 0.2) is 0 Å². The Morgan fingerprint density at radius 3 is 2.69 bits per heavy atom. The number of halogens is 2. The van der Waals surface area contributed by atoms with Gasteiger partial charge in [-0.2, -0.15) is 9.37 Å². The third-order valence-electron chi connectivity index (χ3n) is 4.97. The molecule has 3 N–H and O–H groups in total. The number of nitrogens with one attached hydrogen (secondary N) is 3. The van der Waals surface area contributed by atoms with E-state index in [0.29, 0.717) is 49.4 Å². The number of carbonyl (C=O) groups is 2. The quantitative estimate of drug-likeness (QED) is 0.158. The molecule has 0 bridgehead atoms. The van der Waals surface area contributed by atoms with Crippen LogP contribution >= 0.6 is 0 Å². The predicted molar refractivity (Wildman–Crippen MR) is 146 cm³/mol. The van der Waals surface area contributed by atoms with Gasteiger partial charge in [0.05, 0.1) is 18.4 Å². The Morgan fingerprint density at radius 1 is 1.26 bits per heavy atom. The molecular formula is C27H35F2N7O3. The smallest absolute Gasteiger partial charge is 0.410 e. The van der Waals surface area contributed by atoms with Crippen molar-refractivity contribution in [2.24, 2.45) is 0 Å². The molecule has 39 heavy (non-hydrogen) atoms. The second-order valence-electron chi connectivity index (χ2n) is 9.39. The van der Waals surface area contributed by atoms with Crippen LogP contribution in [0, 0.1) is 17.8 Å². The largest absolute Gasteiger partial charge is 0.444 e. The molecule has 2 rings (SSSR count). The number of alkyl halides is 1. The molecule has 2 amide bonds. The third kappa shape index (κ3) is 10.9. The first-order valence-corrected chi connectivity index (χ1v) is 12.4. The average Bonchev–Trinajstić information content (AvgIpc) is 2.86. The maximum atomic E-state index is 13.4. The molecule has 1 atom stereocenters. The Kier molecular flexibility index (Phi) is 12.1. The van der Waals surface area contributed by atoms with Crippen LogP contribution < -0.4 is 16.0 Å². The van der Waals surface area contributed by atoms with E-state index in [9.17, 15) is 18.4 Å². The fourth-order valence-corrected chi connectivity index (χ4v) is 3.09. The zero-order valence-electron chi connectivity index (χ0n) is 22.7. The molecule has 0 saturated carbocycles. The minimum Gasteiger partial charge on any atom is -0.444 e. The molecule has 210 valence electrons. The molecule has 0 radical (unpaired) electrons. The van der Waals surface area contributed by atoms with Crippen LogP contribution in [-0.2, 0) is 9.53 Å². The number of pyridine rings is 1. The number of aromatic nitrogens is 3. The number of carbonyl (C=O) groups excluding carboxylic acids is 2. The van der Waals surface area contributed by atoms with Gasteiger partial charge in [0.2, 0.25) is 17.8 Å². The van der Waals surface area contributed by atoms with Crippen LogP contribution in [0.2, 0.25) is 0 Å². The molecule has 2 aromatic rings. The second-order valence-corrected chi connectivity index (χ2v) is 9.39. The summed E-state index contributed by atoms with van der Waals surface area (Å²) in [6, 6.07) is 1.90. The SMILES string of the molecule is C=C[C@@H](C(=O)NCCCC#Cc1cnc(Nc2ccnc(F)c2)nc1NCCCF)N(C)C(=O)OC(C)(C)C. The van der Waals surface area contributed by atoms with Crippen LogP contribution in [0.3, 0.4) is 0 Å². The van der Waals surface area contributed by atoms with Crippen molar-refractivity contribution in [1.82, 2.24) is 25.2 Å². The summed E-state index contributed by atoms with van der Waals surface area (Å²) in [5, 5.41) is 8.71. The Morgan fingerprint density at radius 2 is 2.03 bits per heavy atom. The maximum Gasteiger partial charge on any atom is 0.410 e. The molecule has 10 nitrogen and oxygen atoms in total. The second kappa shape index (κ2) is 15.2. The van der Waals surface area contributed by atoms with E-state index in [1.54, 1.807) is 26.8 Å². The van der Waals surface area contributed by atoms with Crippen molar-refractivity contribution in [1.29, 1.82) is 0 Å². The number of rotatable bonds is 12. The van der Waals surface area contributed by atoms with Gasteiger partial charge >= 0.3 is 6.09 Å². The highest BCUT2D eigenvalue weighted by Crippen LogP contribution is 2.17. The van der Waals surface area contributed by atoms with Crippen molar-refractivity contribution in [3.63, 3.8) is 0 Å². The molecule has 0 spiro atoms. The third-order valence-corrected chi connectivity index (χ3v) is 4.97. The van der Waals surface area contributed by atoms with Crippen molar-refractivity contribution in [3.8, 4) is 11.8 Å². The molecule has 2 aromatic heterocycles. The van der Waals surface area contributed by atoms with Crippen molar-refractivity contribution in [3.05, 3.63) is 48.7 Å². The molecule has 12 heteroatoms. The molecule has 0 saturated heterocycles. The normalized spacial score (nSPS) is 11.4. The molecule has 2 heterocycles. The lowest BCUT2D eigenvalue weighted by molar-refractivity contribution is -0.124. The van der Waals surface area contributed by atoms with Crippen LogP contribution in [0.4, 0.5) is 31.0 Å². The molecule has 0 aliphatic carbocycles. The summed E-state index contributed by atoms with van der Waals surface area (Å²) in [7, 11) is 1.48. The number of unbranched alkanes of at least 4 members (excludes halogenated alkanes) is 1. The van der Waals surface area contributed by atoms with Gasteiger partial charge < -0.3 is 20.7 Å². The summed E-state index contributed by atoms with van der Waals surface area (Å²) in [5.74, 6) is 5.61. The van der Waals surface area contributed by atoms with Crippen molar-refractivity contribution >= 4 is 29.5 Å². The summed E-state index contributed by atoms with van der Waals surface area (Å²) in [6.07, 6.45) is 4.89. The number of likely N-dealkylation sites (N-methyl/N-ethyl adjacent to an activating group) is 1. The van der Waals surface area contributed by atoms with Crippen molar-refractivity contribution in [2.45, 2.75) is 51.7 Å². The molecule has 0 fully saturated rings. The van der Waals surface area contributed by atoms with Gasteiger partial charge in [-0.3, -0.25) is 14.1 Å². The van der Waals surface area contributed by atoms with Crippen LogP contribution in [0.5, 0.6) is 0 Å². The van der Waals surface area contributed by atoms with Gasteiger partial charge in [-0.25, -0.2) is 14.8 Å². The van der Waals surface area contributed by atoms with Crippen LogP contribution in [-0.4, -0.2) is 70.3 Å². The van der Waals surface area contributed by atoms with E-state index in [0.717, 1.165) is 0 Å². The fourth-order valence-electron chi connectivity index (χ4n) is 3.09. The zero-order valence-corrected chi connectivity index (χ0v) is 22.7. The van der Waals surface area contributed by atoms with Gasteiger partial charge in [-0.1, -0.05) is 17.9 Å². The van der Waals surface area contributed by atoms with Gasteiger partial charge in [0.1, 0.15) is 17.5 Å². The van der Waals surface area contributed by atoms with E-state index in [2.05, 4.69) is 49.3 Å². The van der Waals surface area contributed by atoms with Crippen LogP contribution in [0.25, 0.3) is 0 Å². The van der Waals surface area contributed by atoms with E-state index in [4.69, 9.17) is 4.74 Å². The summed E-state index contributed by atoms with van der Waals surface area (Å²) in [5.41, 5.74) is 0.250. The summed E-state index contributed by atoms with van der Waals surface area (Å²) < 4.78 is 31.2. The van der Waals surface area contributed by atoms with E-state index < -0.39 is 30.4 Å². The van der Waals surface area contributed by atoms with E-state index >= 15 is 0 Å². The minimum absolute atomic E-state index is 0.213. The van der Waals surface area contributed by atoms with Crippen LogP contribution in [0.15, 0.2) is 37.2 Å². The fraction of sp³-hybridized carbons (Fsp3) is 0.444. The Labute approximate surface area is 227 Å². The van der Waals surface area contributed by atoms with Gasteiger partial charge in [-0.05, 0) is 39.7 Å². The molecule has 0 unspecified atom stereocenters. The van der Waals surface area contributed by atoms with Gasteiger partial charge in [-0.15, -0.1) is 6.58 Å². The lowest BCUT2D eigenvalue weighted by atomic mass is 10.2. The number of nitrogens with zero attached hydrogens (tertiary/aromatic N) is 4. The van der Waals surface area contributed by atoms with Crippen LogP contribution in [0.1, 0.15) is 45.6 Å². The van der Waals surface area contributed by atoms with E-state index in [1.165, 1.54) is 36.5 Å². The summed E-state index contributed by atoms with van der Waals surface area (Å²) in [4.78, 5) is 38.1. The first kappa shape index (κ1) is 31.0. The average molecular weight is 544 g/mol. The number of anilines is 3. The predicted octanol–water partition coefficient (Wildman–Crippen LogP) is 4.20. The maximum absolute atomic E-state index is 13.4. The Bertz CT molecular complexity index is 1190. The monoisotopic (exact) mass is 543 g/mol. The Hall–Kier alpha value is -4.27.